The van der Waals surface area contributed by atoms with Crippen LogP contribution < -0.4 is 0 Å². The number of halogens is 3. The lowest BCUT2D eigenvalue weighted by molar-refractivity contribution is -0.166. The molecule has 2 rings (SSSR count). The van der Waals surface area contributed by atoms with Crippen LogP contribution in [0.15, 0.2) is 54.3 Å². The second-order valence-corrected chi connectivity index (χ2v) is 4.44. The third-order valence-electron chi connectivity index (χ3n) is 3.06. The summed E-state index contributed by atoms with van der Waals surface area (Å²) in [4.78, 5) is 11.8. The van der Waals surface area contributed by atoms with E-state index in [0.717, 1.165) is 6.08 Å². The lowest BCUT2D eigenvalue weighted by Crippen LogP contribution is -2.31. The molecule has 2 nitrogen and oxygen atoms in total. The van der Waals surface area contributed by atoms with Crippen LogP contribution >= 0.6 is 0 Å². The van der Waals surface area contributed by atoms with E-state index in [1.54, 1.807) is 49.4 Å². The molecule has 0 N–H and O–H groups in total. The molecule has 106 valence electrons. The van der Waals surface area contributed by atoms with Crippen LogP contribution in [0.25, 0.3) is 0 Å². The number of esters is 1. The molecule has 1 aliphatic rings. The Labute approximate surface area is 114 Å². The molecule has 0 fully saturated rings. The zero-order valence-corrected chi connectivity index (χ0v) is 10.7. The van der Waals surface area contributed by atoms with Crippen LogP contribution in [0, 0.1) is 5.92 Å². The Morgan fingerprint density at radius 3 is 2.40 bits per heavy atom. The smallest absolute Gasteiger partial charge is 0.421 e. The van der Waals surface area contributed by atoms with Gasteiger partial charge in [0.05, 0.1) is 5.92 Å². The molecule has 1 aromatic rings. The van der Waals surface area contributed by atoms with Crippen molar-refractivity contribution in [1.29, 1.82) is 0 Å². The summed E-state index contributed by atoms with van der Waals surface area (Å²) in [5.74, 6) is -3.54. The standard InChI is InChI=1S/C15H13F3O2/c1-2-6-11-12(10-7-4-3-5-8-10)9-13(15(16,17)18)20-14(11)19/h2-9,11-12H,1H3/b6-2+/t11-,12-/m0/s1. The largest absolute Gasteiger partial charge is 0.449 e. The van der Waals surface area contributed by atoms with Gasteiger partial charge in [0.25, 0.3) is 0 Å². The van der Waals surface area contributed by atoms with Crippen LogP contribution in [0.5, 0.6) is 0 Å². The SMILES string of the molecule is C/C=C/[C@@H]1C(=O)OC(C(F)(F)F)=C[C@H]1c1ccccc1. The zero-order valence-electron chi connectivity index (χ0n) is 10.7. The summed E-state index contributed by atoms with van der Waals surface area (Å²) in [6.07, 6.45) is -0.497. The van der Waals surface area contributed by atoms with E-state index in [-0.39, 0.29) is 0 Å². The summed E-state index contributed by atoms with van der Waals surface area (Å²) in [7, 11) is 0. The predicted octanol–water partition coefficient (Wildman–Crippen LogP) is 3.97. The van der Waals surface area contributed by atoms with Gasteiger partial charge >= 0.3 is 12.1 Å². The summed E-state index contributed by atoms with van der Waals surface area (Å²) in [5, 5.41) is 0. The first-order valence-electron chi connectivity index (χ1n) is 6.12. The average Bonchev–Trinajstić information content (AvgIpc) is 2.41. The molecule has 1 heterocycles. The molecular formula is C15H13F3O2. The Morgan fingerprint density at radius 2 is 1.85 bits per heavy atom. The van der Waals surface area contributed by atoms with Crippen molar-refractivity contribution in [2.75, 3.05) is 0 Å². The van der Waals surface area contributed by atoms with E-state index in [4.69, 9.17) is 0 Å². The number of allylic oxidation sites excluding steroid dienone is 3. The highest BCUT2D eigenvalue weighted by molar-refractivity contribution is 5.79. The number of rotatable bonds is 2. The highest BCUT2D eigenvalue weighted by Gasteiger charge is 2.44. The minimum absolute atomic E-state index is 0.647. The van der Waals surface area contributed by atoms with Gasteiger partial charge in [-0.2, -0.15) is 13.2 Å². The average molecular weight is 282 g/mol. The van der Waals surface area contributed by atoms with Crippen molar-refractivity contribution in [1.82, 2.24) is 0 Å². The van der Waals surface area contributed by atoms with E-state index in [9.17, 15) is 18.0 Å². The summed E-state index contributed by atoms with van der Waals surface area (Å²) in [6, 6.07) is 8.62. The maximum absolute atomic E-state index is 12.8. The van der Waals surface area contributed by atoms with Crippen LogP contribution in [0.3, 0.4) is 0 Å². The lowest BCUT2D eigenvalue weighted by Gasteiger charge is -2.27. The van der Waals surface area contributed by atoms with Crippen molar-refractivity contribution in [3.63, 3.8) is 0 Å². The van der Waals surface area contributed by atoms with E-state index in [0.29, 0.717) is 5.56 Å². The number of carbonyl (C=O) groups excluding carboxylic acids is 1. The van der Waals surface area contributed by atoms with E-state index < -0.39 is 29.7 Å². The second kappa shape index (κ2) is 5.53. The topological polar surface area (TPSA) is 26.3 Å². The first kappa shape index (κ1) is 14.4. The molecule has 0 aromatic heterocycles. The van der Waals surface area contributed by atoms with Crippen molar-refractivity contribution in [3.05, 3.63) is 59.9 Å². The minimum Gasteiger partial charge on any atom is -0.421 e. The molecule has 0 unspecified atom stereocenters. The second-order valence-electron chi connectivity index (χ2n) is 4.44. The molecule has 0 saturated carbocycles. The lowest BCUT2D eigenvalue weighted by atomic mass is 9.83. The molecule has 5 heteroatoms. The van der Waals surface area contributed by atoms with Crippen molar-refractivity contribution in [2.24, 2.45) is 5.92 Å². The molecule has 0 spiro atoms. The van der Waals surface area contributed by atoms with Crippen LogP contribution in [-0.2, 0) is 9.53 Å². The molecule has 0 amide bonds. The van der Waals surface area contributed by atoms with Crippen LogP contribution in [-0.4, -0.2) is 12.1 Å². The molecule has 2 atom stereocenters. The number of hydrogen-bond acceptors (Lipinski definition) is 2. The fourth-order valence-corrected chi connectivity index (χ4v) is 2.16. The molecule has 20 heavy (non-hydrogen) atoms. The van der Waals surface area contributed by atoms with Gasteiger partial charge in [-0.25, -0.2) is 0 Å². The minimum atomic E-state index is -4.66. The molecule has 0 bridgehead atoms. The highest BCUT2D eigenvalue weighted by atomic mass is 19.4. The monoisotopic (exact) mass is 282 g/mol. The van der Waals surface area contributed by atoms with Gasteiger partial charge in [0, 0.05) is 5.92 Å². The summed E-state index contributed by atoms with van der Waals surface area (Å²) >= 11 is 0. The molecule has 1 aliphatic heterocycles. The number of ether oxygens (including phenoxy) is 1. The van der Waals surface area contributed by atoms with Gasteiger partial charge < -0.3 is 4.74 Å². The Bertz CT molecular complexity index is 544. The van der Waals surface area contributed by atoms with Crippen molar-refractivity contribution in [3.8, 4) is 0 Å². The van der Waals surface area contributed by atoms with E-state index in [1.807, 2.05) is 0 Å². The van der Waals surface area contributed by atoms with E-state index >= 15 is 0 Å². The Kier molecular flexibility index (Phi) is 3.97. The van der Waals surface area contributed by atoms with Crippen LogP contribution in [0.4, 0.5) is 13.2 Å². The fraction of sp³-hybridized carbons (Fsp3) is 0.267. The van der Waals surface area contributed by atoms with Crippen molar-refractivity contribution in [2.45, 2.75) is 19.0 Å². The zero-order chi connectivity index (χ0) is 14.8. The van der Waals surface area contributed by atoms with Gasteiger partial charge in [0.15, 0.2) is 0 Å². The normalized spacial score (nSPS) is 23.6. The fourth-order valence-electron chi connectivity index (χ4n) is 2.16. The first-order valence-corrected chi connectivity index (χ1v) is 6.12. The first-order chi connectivity index (χ1) is 9.43. The Morgan fingerprint density at radius 1 is 1.20 bits per heavy atom. The number of hydrogen-bond donors (Lipinski definition) is 0. The summed E-state index contributed by atoms with van der Waals surface area (Å²) in [6.45, 7) is 1.71. The van der Waals surface area contributed by atoms with Gasteiger partial charge in [0.2, 0.25) is 5.76 Å². The molecular weight excluding hydrogens is 269 g/mol. The Hall–Kier alpha value is -2.04. The van der Waals surface area contributed by atoms with Crippen molar-refractivity contribution < 1.29 is 22.7 Å². The van der Waals surface area contributed by atoms with Crippen molar-refractivity contribution >= 4 is 5.97 Å². The third kappa shape index (κ3) is 2.92. The van der Waals surface area contributed by atoms with Gasteiger partial charge in [-0.15, -0.1) is 0 Å². The molecule has 0 saturated heterocycles. The summed E-state index contributed by atoms with van der Waals surface area (Å²) in [5.41, 5.74) is 0.647. The molecule has 0 radical (unpaired) electrons. The van der Waals surface area contributed by atoms with Crippen LogP contribution in [0.2, 0.25) is 0 Å². The van der Waals surface area contributed by atoms with Crippen LogP contribution in [0.1, 0.15) is 18.4 Å². The molecule has 1 aromatic carbocycles. The summed E-state index contributed by atoms with van der Waals surface area (Å²) < 4.78 is 42.7. The maximum Gasteiger partial charge on any atom is 0.449 e. The number of carbonyl (C=O) groups is 1. The highest BCUT2D eigenvalue weighted by Crippen LogP contribution is 2.39. The van der Waals surface area contributed by atoms with Gasteiger partial charge in [0.1, 0.15) is 0 Å². The van der Waals surface area contributed by atoms with Gasteiger partial charge in [-0.1, -0.05) is 42.5 Å². The van der Waals surface area contributed by atoms with Gasteiger partial charge in [-0.05, 0) is 18.6 Å². The van der Waals surface area contributed by atoms with Gasteiger partial charge in [-0.3, -0.25) is 4.79 Å². The Balaban J connectivity index is 2.48. The number of cyclic esters (lactones) is 1. The maximum atomic E-state index is 12.8. The molecule has 0 aliphatic carbocycles. The van der Waals surface area contributed by atoms with E-state index in [2.05, 4.69) is 4.74 Å². The number of benzene rings is 1. The predicted molar refractivity (Wildman–Crippen MR) is 67.7 cm³/mol. The number of alkyl halides is 3. The quantitative estimate of drug-likeness (QED) is 0.606. The van der Waals surface area contributed by atoms with E-state index in [1.165, 1.54) is 0 Å². The third-order valence-corrected chi connectivity index (χ3v) is 3.06.